The van der Waals surface area contributed by atoms with Crippen molar-refractivity contribution in [2.75, 3.05) is 76.2 Å². The summed E-state index contributed by atoms with van der Waals surface area (Å²) in [5.74, 6) is 1.68. The molecule has 4 aromatic rings. The molecule has 3 aliphatic rings. The molecular formula is C33H42FN9O2S. The highest BCUT2D eigenvalue weighted by Crippen LogP contribution is 2.45. The van der Waals surface area contributed by atoms with Gasteiger partial charge in [-0.1, -0.05) is 6.07 Å². The monoisotopic (exact) mass is 647 g/mol. The molecule has 7 rings (SSSR count). The molecule has 1 N–H and O–H groups in total. The largest absolute Gasteiger partial charge is 0.495 e. The number of pyridine rings is 1. The summed E-state index contributed by atoms with van der Waals surface area (Å²) in [6.45, 7) is 6.56. The molecule has 0 unspecified atom stereocenters. The Hall–Kier alpha value is -3.81. The molecule has 0 bridgehead atoms. The summed E-state index contributed by atoms with van der Waals surface area (Å²) in [6.07, 6.45) is 8.72. The number of halogens is 1. The number of aromatic nitrogens is 4. The summed E-state index contributed by atoms with van der Waals surface area (Å²) in [4.78, 5) is 21.4. The SMILES string of the molecule is COc1cc(Nc2ncc3c(F)c(C4CC4)n(-c4cccc(N=S(C)(C)=O)n4)c3n2)ccc1N1CCC(N2CCN(C)CC2)CC1. The highest BCUT2D eigenvalue weighted by Gasteiger charge is 2.34. The third-order valence-electron chi connectivity index (χ3n) is 9.20. The number of fused-ring (bicyclic) bond motifs is 1. The van der Waals surface area contributed by atoms with Crippen molar-refractivity contribution < 1.29 is 13.3 Å². The van der Waals surface area contributed by atoms with E-state index in [-0.39, 0.29) is 11.7 Å². The van der Waals surface area contributed by atoms with Crippen LogP contribution in [0.5, 0.6) is 5.75 Å². The molecule has 1 saturated carbocycles. The molecule has 11 nitrogen and oxygen atoms in total. The minimum Gasteiger partial charge on any atom is -0.495 e. The Morgan fingerprint density at radius 1 is 1.00 bits per heavy atom. The number of anilines is 3. The molecule has 0 atom stereocenters. The molecule has 0 radical (unpaired) electrons. The van der Waals surface area contributed by atoms with Gasteiger partial charge in [0.05, 0.1) is 23.9 Å². The molecule has 1 aromatic carbocycles. The first kappa shape index (κ1) is 30.8. The number of ether oxygens (including phenoxy) is 1. The Bertz CT molecular complexity index is 1860. The number of piperidine rings is 1. The minimum absolute atomic E-state index is 0.0815. The third-order valence-corrected chi connectivity index (χ3v) is 9.83. The zero-order chi connectivity index (χ0) is 32.0. The Labute approximate surface area is 270 Å². The summed E-state index contributed by atoms with van der Waals surface area (Å²) >= 11 is 0. The van der Waals surface area contributed by atoms with Crippen LogP contribution >= 0.6 is 0 Å². The summed E-state index contributed by atoms with van der Waals surface area (Å²) in [5, 5.41) is 3.64. The fourth-order valence-electron chi connectivity index (χ4n) is 6.68. The predicted octanol–water partition coefficient (Wildman–Crippen LogP) is 5.16. The fourth-order valence-corrected chi connectivity index (χ4v) is 7.23. The van der Waals surface area contributed by atoms with E-state index in [4.69, 9.17) is 9.72 Å². The van der Waals surface area contributed by atoms with Crippen LogP contribution in [-0.2, 0) is 9.73 Å². The van der Waals surface area contributed by atoms with Gasteiger partial charge in [-0.25, -0.2) is 18.6 Å². The van der Waals surface area contributed by atoms with Crippen LogP contribution in [0.2, 0.25) is 0 Å². The van der Waals surface area contributed by atoms with Gasteiger partial charge in [-0.05, 0) is 57.0 Å². The molecule has 0 amide bonds. The van der Waals surface area contributed by atoms with Crippen LogP contribution in [0.4, 0.5) is 27.5 Å². The van der Waals surface area contributed by atoms with Gasteiger partial charge < -0.3 is 19.9 Å². The van der Waals surface area contributed by atoms with Gasteiger partial charge in [-0.3, -0.25) is 9.47 Å². The molecule has 5 heterocycles. The molecule has 3 fully saturated rings. The first-order valence-electron chi connectivity index (χ1n) is 16.0. The van der Waals surface area contributed by atoms with Crippen molar-refractivity contribution in [2.24, 2.45) is 4.36 Å². The second kappa shape index (κ2) is 12.4. The third kappa shape index (κ3) is 6.40. The zero-order valence-electron chi connectivity index (χ0n) is 26.9. The first-order valence-corrected chi connectivity index (χ1v) is 18.3. The van der Waals surface area contributed by atoms with Crippen molar-refractivity contribution in [3.63, 3.8) is 0 Å². The van der Waals surface area contributed by atoms with Crippen LogP contribution in [-0.4, -0.2) is 106 Å². The van der Waals surface area contributed by atoms with Gasteiger partial charge in [-0.15, -0.1) is 0 Å². The Balaban J connectivity index is 1.14. The van der Waals surface area contributed by atoms with Crippen molar-refractivity contribution in [3.8, 4) is 11.6 Å². The molecule has 1 aliphatic carbocycles. The van der Waals surface area contributed by atoms with Gasteiger partial charge in [0.15, 0.2) is 17.3 Å². The van der Waals surface area contributed by atoms with Crippen molar-refractivity contribution in [1.82, 2.24) is 29.3 Å². The number of nitrogens with zero attached hydrogens (tertiary/aromatic N) is 8. The molecule has 0 spiro atoms. The Kier molecular flexibility index (Phi) is 8.32. The van der Waals surface area contributed by atoms with Crippen LogP contribution in [0.25, 0.3) is 16.9 Å². The van der Waals surface area contributed by atoms with E-state index in [0.29, 0.717) is 40.4 Å². The number of rotatable bonds is 8. The normalized spacial score (nSPS) is 18.7. The zero-order valence-corrected chi connectivity index (χ0v) is 27.8. The van der Waals surface area contributed by atoms with E-state index < -0.39 is 9.73 Å². The predicted molar refractivity (Wildman–Crippen MR) is 181 cm³/mol. The number of hydrogen-bond donors (Lipinski definition) is 1. The maximum atomic E-state index is 15.8. The highest BCUT2D eigenvalue weighted by molar-refractivity contribution is 7.92. The topological polar surface area (TPSA) is 104 Å². The molecule has 13 heteroatoms. The lowest BCUT2D eigenvalue weighted by Crippen LogP contribution is -2.52. The molecule has 244 valence electrons. The summed E-state index contributed by atoms with van der Waals surface area (Å²) in [7, 11) is 1.48. The Morgan fingerprint density at radius 3 is 2.46 bits per heavy atom. The second-order valence-corrected chi connectivity index (χ2v) is 15.5. The number of methoxy groups -OCH3 is 1. The van der Waals surface area contributed by atoms with Crippen molar-refractivity contribution >= 4 is 43.9 Å². The van der Waals surface area contributed by atoms with Crippen molar-refractivity contribution in [1.29, 1.82) is 0 Å². The van der Waals surface area contributed by atoms with E-state index in [0.717, 1.165) is 82.1 Å². The number of hydrogen-bond acceptors (Lipinski definition) is 10. The smallest absolute Gasteiger partial charge is 0.229 e. The lowest BCUT2D eigenvalue weighted by Gasteiger charge is -2.42. The van der Waals surface area contributed by atoms with E-state index in [1.54, 1.807) is 42.4 Å². The minimum atomic E-state index is -2.42. The number of piperazine rings is 1. The second-order valence-electron chi connectivity index (χ2n) is 12.9. The van der Waals surface area contributed by atoms with Crippen LogP contribution in [0, 0.1) is 5.82 Å². The summed E-state index contributed by atoms with van der Waals surface area (Å²) in [6, 6.07) is 12.0. The van der Waals surface area contributed by atoms with Crippen molar-refractivity contribution in [2.45, 2.75) is 37.6 Å². The van der Waals surface area contributed by atoms with Crippen LogP contribution in [0.15, 0.2) is 47.0 Å². The number of benzene rings is 1. The average Bonchev–Trinajstić information content (AvgIpc) is 3.84. The van der Waals surface area contributed by atoms with Gasteiger partial charge in [0.1, 0.15) is 11.6 Å². The Morgan fingerprint density at radius 2 is 1.76 bits per heavy atom. The van der Waals surface area contributed by atoms with Crippen LogP contribution in [0.3, 0.4) is 0 Å². The first-order chi connectivity index (χ1) is 22.2. The lowest BCUT2D eigenvalue weighted by atomic mass is 10.0. The fraction of sp³-hybridized carbons (Fsp3) is 0.485. The molecule has 3 aromatic heterocycles. The van der Waals surface area contributed by atoms with E-state index in [1.165, 1.54) is 6.20 Å². The van der Waals surface area contributed by atoms with Gasteiger partial charge >= 0.3 is 0 Å². The summed E-state index contributed by atoms with van der Waals surface area (Å²) < 4.78 is 40.0. The van der Waals surface area contributed by atoms with E-state index in [2.05, 4.69) is 47.5 Å². The van der Waals surface area contributed by atoms with Gasteiger partial charge in [0.25, 0.3) is 0 Å². The molecule has 2 aliphatic heterocycles. The molecular weight excluding hydrogens is 605 g/mol. The number of nitrogens with one attached hydrogen (secondary N) is 1. The number of likely N-dealkylation sites (N-methyl/N-ethyl adjacent to an activating group) is 1. The maximum absolute atomic E-state index is 15.8. The average molecular weight is 648 g/mol. The van der Waals surface area contributed by atoms with Gasteiger partial charge in [0, 0.05) is 91.4 Å². The maximum Gasteiger partial charge on any atom is 0.229 e. The van der Waals surface area contributed by atoms with Gasteiger partial charge in [0.2, 0.25) is 5.95 Å². The lowest BCUT2D eigenvalue weighted by molar-refractivity contribution is 0.0981. The van der Waals surface area contributed by atoms with E-state index >= 15 is 4.39 Å². The van der Waals surface area contributed by atoms with Crippen molar-refractivity contribution in [3.05, 3.63) is 54.1 Å². The molecule has 2 saturated heterocycles. The standard InChI is InChI=1S/C33H42FN9O2S/c1-40-16-18-41(19-17-40)24-12-14-42(15-13-24)26-11-10-23(20-27(26)45-2)36-33-35-21-25-30(34)31(22-8-9-22)43(32(25)38-33)29-7-5-6-28(37-29)39-46(3,4)44/h5-7,10-11,20-22,24H,8-9,12-19H2,1-4H3,(H,35,36,38). The molecule has 46 heavy (non-hydrogen) atoms. The van der Waals surface area contributed by atoms with E-state index in [9.17, 15) is 4.21 Å². The summed E-state index contributed by atoms with van der Waals surface area (Å²) in [5.41, 5.74) is 2.81. The van der Waals surface area contributed by atoms with E-state index in [1.807, 2.05) is 12.1 Å². The van der Waals surface area contributed by atoms with Crippen LogP contribution < -0.4 is 15.0 Å². The highest BCUT2D eigenvalue weighted by atomic mass is 32.2. The quantitative estimate of drug-likeness (QED) is 0.278. The van der Waals surface area contributed by atoms with Crippen LogP contribution in [0.1, 0.15) is 37.3 Å². The van der Waals surface area contributed by atoms with Gasteiger partial charge in [-0.2, -0.15) is 9.35 Å².